The number of imide groups is 2. The lowest BCUT2D eigenvalue weighted by Gasteiger charge is -2.33. The standard InChI is InChI=1S/C45H44N2O6/c1-5-25-18-36-26-20-27(37(21-26)38(36)19-25)24-47-43(50)35-17-15-33(23-40(35)44(47)51)53-31-12-8-29(9-13-31)45(2,3)28-6-10-30(11-7-28)52-32-14-16-34-39(22-32)42(49)46(4)41(34)48/h6-17,22-23,25-27,36-38H,5,18-21,24H2,1-4H3. The molecule has 270 valence electrons. The van der Waals surface area contributed by atoms with Gasteiger partial charge in [-0.25, -0.2) is 0 Å². The first kappa shape index (κ1) is 33.6. The van der Waals surface area contributed by atoms with Crippen molar-refractivity contribution < 1.29 is 28.7 Å². The zero-order chi connectivity index (χ0) is 36.8. The molecule has 2 bridgehead atoms. The average molecular weight is 709 g/mol. The topological polar surface area (TPSA) is 93.2 Å². The summed E-state index contributed by atoms with van der Waals surface area (Å²) < 4.78 is 12.2. The Morgan fingerprint density at radius 2 is 1.08 bits per heavy atom. The fourth-order valence-corrected chi connectivity index (χ4v) is 10.3. The number of fused-ring (bicyclic) bond motifs is 7. The van der Waals surface area contributed by atoms with Crippen molar-refractivity contribution in [1.29, 1.82) is 0 Å². The van der Waals surface area contributed by atoms with Gasteiger partial charge < -0.3 is 9.47 Å². The van der Waals surface area contributed by atoms with Gasteiger partial charge in [-0.05, 0) is 133 Å². The van der Waals surface area contributed by atoms with Gasteiger partial charge in [0.05, 0.1) is 22.3 Å². The number of amides is 4. The van der Waals surface area contributed by atoms with Gasteiger partial charge >= 0.3 is 0 Å². The van der Waals surface area contributed by atoms with E-state index < -0.39 is 0 Å². The molecular weight excluding hydrogens is 665 g/mol. The number of carbonyl (C=O) groups is 4. The highest BCUT2D eigenvalue weighted by Crippen LogP contribution is 2.62. The molecule has 4 aromatic rings. The van der Waals surface area contributed by atoms with E-state index in [4.69, 9.17) is 9.47 Å². The molecule has 3 fully saturated rings. The first-order valence-corrected chi connectivity index (χ1v) is 19.0. The van der Waals surface area contributed by atoms with Gasteiger partial charge in [0.2, 0.25) is 0 Å². The lowest BCUT2D eigenvalue weighted by molar-refractivity contribution is 0.0581. The van der Waals surface area contributed by atoms with Gasteiger partial charge in [0.1, 0.15) is 23.0 Å². The molecule has 8 nitrogen and oxygen atoms in total. The van der Waals surface area contributed by atoms with Crippen molar-refractivity contribution in [3.63, 3.8) is 0 Å². The molecule has 0 radical (unpaired) electrons. The molecule has 0 saturated heterocycles. The Hall–Kier alpha value is -5.24. The van der Waals surface area contributed by atoms with Crippen LogP contribution in [-0.4, -0.2) is 47.0 Å². The molecule has 0 N–H and O–H groups in total. The van der Waals surface area contributed by atoms with E-state index >= 15 is 0 Å². The number of hydrogen-bond donors (Lipinski definition) is 0. The zero-order valence-corrected chi connectivity index (χ0v) is 30.6. The lowest BCUT2D eigenvalue weighted by atomic mass is 9.75. The molecule has 3 aliphatic carbocycles. The van der Waals surface area contributed by atoms with E-state index in [0.717, 1.165) is 46.1 Å². The van der Waals surface area contributed by atoms with Gasteiger partial charge in [0.15, 0.2) is 0 Å². The first-order chi connectivity index (χ1) is 25.5. The van der Waals surface area contributed by atoms with Gasteiger partial charge in [-0.2, -0.15) is 0 Å². The van der Waals surface area contributed by atoms with Crippen LogP contribution in [0.15, 0.2) is 84.9 Å². The van der Waals surface area contributed by atoms with Crippen LogP contribution in [0.1, 0.15) is 105 Å². The molecule has 4 amide bonds. The minimum Gasteiger partial charge on any atom is -0.457 e. The van der Waals surface area contributed by atoms with E-state index in [9.17, 15) is 19.2 Å². The fourth-order valence-electron chi connectivity index (χ4n) is 10.3. The summed E-state index contributed by atoms with van der Waals surface area (Å²) in [5.74, 6) is 5.60. The lowest BCUT2D eigenvalue weighted by Crippen LogP contribution is -2.38. The molecule has 6 atom stereocenters. The highest BCUT2D eigenvalue weighted by Gasteiger charge is 2.56. The van der Waals surface area contributed by atoms with E-state index in [1.165, 1.54) is 37.6 Å². The second-order valence-electron chi connectivity index (χ2n) is 16.4. The molecule has 3 saturated carbocycles. The van der Waals surface area contributed by atoms with Gasteiger partial charge in [-0.15, -0.1) is 0 Å². The predicted octanol–water partition coefficient (Wildman–Crippen LogP) is 9.13. The molecule has 8 heteroatoms. The van der Waals surface area contributed by atoms with Crippen LogP contribution in [0.25, 0.3) is 0 Å². The summed E-state index contributed by atoms with van der Waals surface area (Å²) in [4.78, 5) is 54.3. The normalized spacial score (nSPS) is 25.7. The highest BCUT2D eigenvalue weighted by molar-refractivity contribution is 6.22. The Labute approximate surface area is 310 Å². The molecule has 0 aromatic heterocycles. The van der Waals surface area contributed by atoms with Gasteiger partial charge in [-0.1, -0.05) is 51.5 Å². The Bertz CT molecular complexity index is 2170. The van der Waals surface area contributed by atoms with Gasteiger partial charge in [-0.3, -0.25) is 29.0 Å². The third-order valence-electron chi connectivity index (χ3n) is 13.3. The maximum Gasteiger partial charge on any atom is 0.261 e. The van der Waals surface area contributed by atoms with Crippen molar-refractivity contribution in [2.75, 3.05) is 13.6 Å². The summed E-state index contributed by atoms with van der Waals surface area (Å²) >= 11 is 0. The van der Waals surface area contributed by atoms with E-state index in [0.29, 0.717) is 63.6 Å². The molecule has 53 heavy (non-hydrogen) atoms. The van der Waals surface area contributed by atoms with Gasteiger partial charge in [0.25, 0.3) is 23.6 Å². The quantitative estimate of drug-likeness (QED) is 0.161. The van der Waals surface area contributed by atoms with Crippen LogP contribution in [-0.2, 0) is 5.41 Å². The van der Waals surface area contributed by atoms with Crippen molar-refractivity contribution in [3.8, 4) is 23.0 Å². The second-order valence-corrected chi connectivity index (χ2v) is 16.4. The Balaban J connectivity index is 0.840. The van der Waals surface area contributed by atoms with Crippen LogP contribution < -0.4 is 9.47 Å². The number of ether oxygens (including phenoxy) is 2. The summed E-state index contributed by atoms with van der Waals surface area (Å²) in [5.41, 5.74) is 3.47. The van der Waals surface area contributed by atoms with E-state index in [2.05, 4.69) is 20.8 Å². The monoisotopic (exact) mass is 708 g/mol. The maximum atomic E-state index is 13.6. The minimum atomic E-state index is -0.332. The largest absolute Gasteiger partial charge is 0.457 e. The molecule has 2 heterocycles. The number of rotatable bonds is 9. The van der Waals surface area contributed by atoms with Gasteiger partial charge in [0, 0.05) is 19.0 Å². The van der Waals surface area contributed by atoms with Crippen LogP contribution >= 0.6 is 0 Å². The van der Waals surface area contributed by atoms with E-state index in [1.54, 1.807) is 36.4 Å². The summed E-state index contributed by atoms with van der Waals surface area (Å²) in [7, 11) is 1.48. The van der Waals surface area contributed by atoms with Crippen LogP contribution in [0.3, 0.4) is 0 Å². The van der Waals surface area contributed by atoms with Crippen LogP contribution in [0.2, 0.25) is 0 Å². The number of hydrogen-bond acceptors (Lipinski definition) is 6. The summed E-state index contributed by atoms with van der Waals surface area (Å²) in [6.45, 7) is 7.15. The first-order valence-electron chi connectivity index (χ1n) is 19.0. The third kappa shape index (κ3) is 5.48. The minimum absolute atomic E-state index is 0.176. The molecule has 4 aromatic carbocycles. The third-order valence-corrected chi connectivity index (χ3v) is 13.3. The second kappa shape index (κ2) is 12.4. The van der Waals surface area contributed by atoms with Crippen molar-refractivity contribution in [1.82, 2.24) is 9.80 Å². The Kier molecular flexibility index (Phi) is 7.88. The smallest absolute Gasteiger partial charge is 0.261 e. The Morgan fingerprint density at radius 1 is 0.585 bits per heavy atom. The number of benzene rings is 4. The molecule has 2 aliphatic heterocycles. The van der Waals surface area contributed by atoms with E-state index in [1.807, 2.05) is 48.5 Å². The number of carbonyl (C=O) groups excluding carboxylic acids is 4. The summed E-state index contributed by atoms with van der Waals surface area (Å²) in [6, 6.07) is 25.9. The fraction of sp³-hybridized carbons (Fsp3) is 0.378. The highest BCUT2D eigenvalue weighted by atomic mass is 16.5. The molecule has 0 spiro atoms. The SMILES string of the molecule is CCC1CC2C3CC(CN4C(=O)c5ccc(Oc6ccc(C(C)(C)c7ccc(Oc8ccc9c(c8)C(=O)N(C)C9=O)cc7)cc6)cc5C4=O)C(C3)C2C1. The van der Waals surface area contributed by atoms with Crippen LogP contribution in [0.4, 0.5) is 0 Å². The van der Waals surface area contributed by atoms with Crippen molar-refractivity contribution >= 4 is 23.6 Å². The number of nitrogens with zero attached hydrogens (tertiary/aromatic N) is 2. The molecule has 6 unspecified atom stereocenters. The average Bonchev–Trinajstić information content (AvgIpc) is 3.96. The molecule has 9 rings (SSSR count). The van der Waals surface area contributed by atoms with Crippen molar-refractivity contribution in [2.45, 2.75) is 58.3 Å². The van der Waals surface area contributed by atoms with Crippen molar-refractivity contribution in [3.05, 3.63) is 118 Å². The predicted molar refractivity (Wildman–Crippen MR) is 200 cm³/mol. The molecular formula is C45H44N2O6. The summed E-state index contributed by atoms with van der Waals surface area (Å²) in [6.07, 6.45) is 6.40. The molecule has 5 aliphatic rings. The maximum absolute atomic E-state index is 13.6. The zero-order valence-electron chi connectivity index (χ0n) is 30.6. The van der Waals surface area contributed by atoms with Crippen LogP contribution in [0.5, 0.6) is 23.0 Å². The van der Waals surface area contributed by atoms with E-state index in [-0.39, 0.29) is 29.0 Å². The Morgan fingerprint density at radius 3 is 1.66 bits per heavy atom. The van der Waals surface area contributed by atoms with Crippen molar-refractivity contribution in [2.24, 2.45) is 35.5 Å². The van der Waals surface area contributed by atoms with Crippen LogP contribution in [0, 0.1) is 35.5 Å². The summed E-state index contributed by atoms with van der Waals surface area (Å²) in [5, 5.41) is 0.